The normalized spacial score (nSPS) is 11.7. The average molecular weight is 442 g/mol. The molecule has 0 fully saturated rings. The van der Waals surface area contributed by atoms with E-state index in [0.29, 0.717) is 4.57 Å². The van der Waals surface area contributed by atoms with Gasteiger partial charge in [-0.25, -0.2) is 17.6 Å². The minimum absolute atomic E-state index is 0.0426. The van der Waals surface area contributed by atoms with Crippen molar-refractivity contribution in [1.29, 1.82) is 5.26 Å². The van der Waals surface area contributed by atoms with Crippen molar-refractivity contribution in [3.63, 3.8) is 0 Å². The zero-order valence-corrected chi connectivity index (χ0v) is 16.1. The lowest BCUT2D eigenvalue weighted by atomic mass is 10.1. The Hall–Kier alpha value is -3.75. The number of benzene rings is 1. The maximum atomic E-state index is 14.7. The van der Waals surface area contributed by atoms with Crippen molar-refractivity contribution in [2.24, 2.45) is 7.05 Å². The maximum Gasteiger partial charge on any atom is 0.294 e. The smallest absolute Gasteiger partial charge is 0.294 e. The minimum atomic E-state index is -3.27. The van der Waals surface area contributed by atoms with Crippen LogP contribution in [0, 0.1) is 30.0 Å². The molecule has 0 aliphatic heterocycles. The third-order valence-electron chi connectivity index (χ3n) is 4.35. The number of halogens is 5. The van der Waals surface area contributed by atoms with Gasteiger partial charge in [-0.15, -0.1) is 0 Å². The largest absolute Gasteiger partial charge is 0.338 e. The highest BCUT2D eigenvalue weighted by atomic mass is 19.3. The van der Waals surface area contributed by atoms with Crippen LogP contribution < -0.4 is 10.6 Å². The van der Waals surface area contributed by atoms with E-state index < -0.39 is 59.8 Å². The Morgan fingerprint density at radius 2 is 1.87 bits per heavy atom. The molecule has 0 aliphatic carbocycles. The zero-order valence-electron chi connectivity index (χ0n) is 16.1. The standard InChI is InChI=1S/C19H15F5N4O3/c1-8-13(18(30)26-10-3-4-11(21)9(5-10)7-25)17(24)28(2)14(8)15(29)19(31)27-12(6-20)16(22)23/h3-5,12,16H,6H2,1-2H3,(H,26,30)(H,27,31). The first-order valence-corrected chi connectivity index (χ1v) is 8.58. The number of carbonyl (C=O) groups excluding carboxylic acids is 3. The van der Waals surface area contributed by atoms with Gasteiger partial charge in [0.1, 0.15) is 30.3 Å². The second-order valence-electron chi connectivity index (χ2n) is 6.36. The molecular formula is C19H15F5N4O3. The Bertz CT molecular complexity index is 1090. The molecule has 2 N–H and O–H groups in total. The van der Waals surface area contributed by atoms with Crippen LogP contribution in [-0.2, 0) is 11.8 Å². The van der Waals surface area contributed by atoms with Crippen molar-refractivity contribution >= 4 is 23.3 Å². The van der Waals surface area contributed by atoms with Gasteiger partial charge in [0.15, 0.2) is 0 Å². The molecule has 0 bridgehead atoms. The van der Waals surface area contributed by atoms with E-state index in [0.717, 1.165) is 32.2 Å². The Morgan fingerprint density at radius 1 is 1.23 bits per heavy atom. The summed E-state index contributed by atoms with van der Waals surface area (Å²) in [7, 11) is 1.02. The fourth-order valence-corrected chi connectivity index (χ4v) is 2.77. The molecule has 1 heterocycles. The van der Waals surface area contributed by atoms with Gasteiger partial charge < -0.3 is 15.2 Å². The number of aromatic nitrogens is 1. The van der Waals surface area contributed by atoms with Crippen LogP contribution in [0.4, 0.5) is 27.6 Å². The van der Waals surface area contributed by atoms with E-state index in [-0.39, 0.29) is 16.8 Å². The molecule has 2 rings (SSSR count). The summed E-state index contributed by atoms with van der Waals surface area (Å²) in [4.78, 5) is 36.8. The molecule has 2 amide bonds. The van der Waals surface area contributed by atoms with E-state index in [1.165, 1.54) is 5.32 Å². The number of alkyl halides is 3. The molecule has 0 spiro atoms. The van der Waals surface area contributed by atoms with E-state index in [1.807, 2.05) is 0 Å². The van der Waals surface area contributed by atoms with Gasteiger partial charge in [0.25, 0.3) is 24.0 Å². The number of anilines is 1. The summed E-state index contributed by atoms with van der Waals surface area (Å²) in [5, 5.41) is 12.6. The number of nitrogens with zero attached hydrogens (tertiary/aromatic N) is 2. The quantitative estimate of drug-likeness (QED) is 0.391. The number of hydrogen-bond donors (Lipinski definition) is 2. The predicted octanol–water partition coefficient (Wildman–Crippen LogP) is 2.64. The second kappa shape index (κ2) is 9.38. The number of amides is 2. The second-order valence-corrected chi connectivity index (χ2v) is 6.36. The fraction of sp³-hybridized carbons (Fsp3) is 0.263. The van der Waals surface area contributed by atoms with Crippen LogP contribution in [0.2, 0.25) is 0 Å². The van der Waals surface area contributed by atoms with Gasteiger partial charge in [0, 0.05) is 12.7 Å². The number of Topliss-reactive ketones (excluding diaryl/α,β-unsaturated/α-hetero) is 1. The Labute approximate surface area is 172 Å². The third-order valence-corrected chi connectivity index (χ3v) is 4.35. The van der Waals surface area contributed by atoms with Crippen LogP contribution in [0.5, 0.6) is 0 Å². The predicted molar refractivity (Wildman–Crippen MR) is 97.4 cm³/mol. The fourth-order valence-electron chi connectivity index (χ4n) is 2.77. The topological polar surface area (TPSA) is 104 Å². The van der Waals surface area contributed by atoms with Crippen molar-refractivity contribution in [2.45, 2.75) is 19.4 Å². The molecule has 31 heavy (non-hydrogen) atoms. The highest BCUT2D eigenvalue weighted by molar-refractivity contribution is 6.43. The lowest BCUT2D eigenvalue weighted by Gasteiger charge is -2.13. The zero-order chi connectivity index (χ0) is 23.5. The van der Waals surface area contributed by atoms with Gasteiger partial charge in [-0.2, -0.15) is 9.65 Å². The summed E-state index contributed by atoms with van der Waals surface area (Å²) in [6.07, 6.45) is -3.27. The first kappa shape index (κ1) is 23.5. The van der Waals surface area contributed by atoms with Crippen LogP contribution in [-0.4, -0.2) is 41.3 Å². The molecule has 0 aliphatic rings. The SMILES string of the molecule is Cc1c(C(=O)Nc2ccc(F)c(C#N)c2)c(F)n(C)c1C(=O)C(=O)NC(CF)C(F)F. The van der Waals surface area contributed by atoms with E-state index in [4.69, 9.17) is 5.26 Å². The molecule has 0 saturated heterocycles. The number of rotatable bonds is 7. The molecule has 12 heteroatoms. The number of nitriles is 1. The van der Waals surface area contributed by atoms with Gasteiger partial charge in [0.05, 0.1) is 11.1 Å². The van der Waals surface area contributed by atoms with Gasteiger partial charge in [-0.05, 0) is 30.7 Å². The molecule has 164 valence electrons. The van der Waals surface area contributed by atoms with Gasteiger partial charge in [-0.1, -0.05) is 0 Å². The highest BCUT2D eigenvalue weighted by Crippen LogP contribution is 2.23. The Morgan fingerprint density at radius 3 is 2.42 bits per heavy atom. The van der Waals surface area contributed by atoms with Crippen LogP contribution in [0.1, 0.15) is 32.0 Å². The first-order chi connectivity index (χ1) is 14.5. The molecular weight excluding hydrogens is 427 g/mol. The molecule has 1 atom stereocenters. The molecule has 1 aromatic carbocycles. The molecule has 2 aromatic rings. The number of nitrogens with one attached hydrogen (secondary N) is 2. The number of ketones is 1. The molecule has 0 saturated carbocycles. The third kappa shape index (κ3) is 4.71. The average Bonchev–Trinajstić information content (AvgIpc) is 2.94. The summed E-state index contributed by atoms with van der Waals surface area (Å²) < 4.78 is 66.4. The monoisotopic (exact) mass is 442 g/mol. The van der Waals surface area contributed by atoms with Crippen LogP contribution in [0.15, 0.2) is 18.2 Å². The lowest BCUT2D eigenvalue weighted by molar-refractivity contribution is -0.119. The summed E-state index contributed by atoms with van der Waals surface area (Å²) in [5.74, 6) is -6.18. The van der Waals surface area contributed by atoms with Crippen molar-refractivity contribution in [3.05, 3.63) is 52.3 Å². The molecule has 1 aromatic heterocycles. The van der Waals surface area contributed by atoms with Crippen molar-refractivity contribution in [2.75, 3.05) is 12.0 Å². The van der Waals surface area contributed by atoms with Crippen LogP contribution >= 0.6 is 0 Å². The minimum Gasteiger partial charge on any atom is -0.338 e. The van der Waals surface area contributed by atoms with Gasteiger partial charge >= 0.3 is 0 Å². The number of hydrogen-bond acceptors (Lipinski definition) is 4. The van der Waals surface area contributed by atoms with Crippen LogP contribution in [0.25, 0.3) is 0 Å². The molecule has 7 nitrogen and oxygen atoms in total. The van der Waals surface area contributed by atoms with Crippen molar-refractivity contribution in [1.82, 2.24) is 9.88 Å². The summed E-state index contributed by atoms with van der Waals surface area (Å²) in [6.45, 7) is -0.489. The maximum absolute atomic E-state index is 14.7. The Kier molecular flexibility index (Phi) is 7.12. The lowest BCUT2D eigenvalue weighted by Crippen LogP contribution is -2.45. The van der Waals surface area contributed by atoms with Crippen LogP contribution in [0.3, 0.4) is 0 Å². The van der Waals surface area contributed by atoms with Crippen molar-refractivity contribution in [3.8, 4) is 6.07 Å². The molecule has 0 radical (unpaired) electrons. The Balaban J connectivity index is 2.35. The number of carbonyl (C=O) groups is 3. The van der Waals surface area contributed by atoms with E-state index in [1.54, 1.807) is 6.07 Å². The van der Waals surface area contributed by atoms with E-state index in [9.17, 15) is 36.3 Å². The summed E-state index contributed by atoms with van der Waals surface area (Å²) in [6, 6.07) is 2.37. The highest BCUT2D eigenvalue weighted by Gasteiger charge is 2.32. The van der Waals surface area contributed by atoms with E-state index >= 15 is 0 Å². The van der Waals surface area contributed by atoms with E-state index in [2.05, 4.69) is 5.32 Å². The van der Waals surface area contributed by atoms with Gasteiger partial charge in [0.2, 0.25) is 5.95 Å². The van der Waals surface area contributed by atoms with Crippen molar-refractivity contribution < 1.29 is 36.3 Å². The summed E-state index contributed by atoms with van der Waals surface area (Å²) in [5.41, 5.74) is -1.95. The first-order valence-electron chi connectivity index (χ1n) is 8.58. The summed E-state index contributed by atoms with van der Waals surface area (Å²) >= 11 is 0. The molecule has 1 unspecified atom stereocenters. The van der Waals surface area contributed by atoms with Gasteiger partial charge in [-0.3, -0.25) is 14.4 Å².